The summed E-state index contributed by atoms with van der Waals surface area (Å²) < 4.78 is 0. The maximum atomic E-state index is 11.1. The highest BCUT2D eigenvalue weighted by molar-refractivity contribution is 7.99. The average Bonchev–Trinajstić information content (AvgIpc) is 2.49. The third kappa shape index (κ3) is 4.32. The number of aromatic nitrogens is 2. The summed E-state index contributed by atoms with van der Waals surface area (Å²) in [6.45, 7) is 2.05. The highest BCUT2D eigenvalue weighted by Gasteiger charge is 2.18. The lowest BCUT2D eigenvalue weighted by atomic mass is 10.1. The van der Waals surface area contributed by atoms with Crippen LogP contribution >= 0.6 is 35.0 Å². The number of thioether (sulfide) groups is 1. The second-order valence-corrected chi connectivity index (χ2v) is 6.39. The highest BCUT2D eigenvalue weighted by atomic mass is 35.5. The third-order valence-corrected chi connectivity index (χ3v) is 4.62. The van der Waals surface area contributed by atoms with Crippen molar-refractivity contribution >= 4 is 40.7 Å². The molecule has 0 radical (unpaired) electrons. The van der Waals surface area contributed by atoms with Gasteiger partial charge in [-0.3, -0.25) is 10.1 Å². The van der Waals surface area contributed by atoms with E-state index in [0.717, 1.165) is 17.7 Å². The molecule has 0 saturated heterocycles. The molecule has 0 aliphatic carbocycles. The van der Waals surface area contributed by atoms with E-state index in [4.69, 9.17) is 23.2 Å². The van der Waals surface area contributed by atoms with Crippen LogP contribution in [0, 0.1) is 10.1 Å². The van der Waals surface area contributed by atoms with Crippen molar-refractivity contribution in [2.45, 2.75) is 24.9 Å². The van der Waals surface area contributed by atoms with E-state index in [0.29, 0.717) is 27.3 Å². The van der Waals surface area contributed by atoms with Gasteiger partial charge in [-0.15, -0.1) is 0 Å². The lowest BCUT2D eigenvalue weighted by molar-refractivity contribution is -0.386. The van der Waals surface area contributed by atoms with Crippen LogP contribution in [-0.4, -0.2) is 20.6 Å². The summed E-state index contributed by atoms with van der Waals surface area (Å²) in [5, 5.41) is 12.5. The van der Waals surface area contributed by atoms with Crippen molar-refractivity contribution in [3.05, 3.63) is 55.8 Å². The SMILES string of the molecule is CCCSc1ncc([N+](=O)[O-])c(Cc2ccc(Cl)c(Cl)c2)n1. The number of rotatable bonds is 6. The second-order valence-electron chi connectivity index (χ2n) is 4.52. The standard InChI is InChI=1S/C14H13Cl2N3O2S/c1-2-5-22-14-17-8-13(19(20)21)12(18-14)7-9-3-4-10(15)11(16)6-9/h3-4,6,8H,2,5,7H2,1H3. The monoisotopic (exact) mass is 357 g/mol. The Morgan fingerprint density at radius 2 is 2.09 bits per heavy atom. The van der Waals surface area contributed by atoms with Crippen molar-refractivity contribution in [2.75, 3.05) is 5.75 Å². The third-order valence-electron chi connectivity index (χ3n) is 2.81. The minimum atomic E-state index is -0.471. The molecule has 22 heavy (non-hydrogen) atoms. The maximum absolute atomic E-state index is 11.1. The fourth-order valence-electron chi connectivity index (χ4n) is 1.78. The molecule has 0 aliphatic heterocycles. The van der Waals surface area contributed by atoms with Gasteiger partial charge in [0, 0.05) is 12.2 Å². The Morgan fingerprint density at radius 3 is 2.73 bits per heavy atom. The maximum Gasteiger partial charge on any atom is 0.309 e. The lowest BCUT2D eigenvalue weighted by Gasteiger charge is -2.06. The second kappa shape index (κ2) is 7.76. The molecule has 0 saturated carbocycles. The Balaban J connectivity index is 2.33. The number of benzene rings is 1. The summed E-state index contributed by atoms with van der Waals surface area (Å²) in [5.41, 5.74) is 1.09. The van der Waals surface area contributed by atoms with E-state index < -0.39 is 4.92 Å². The molecule has 1 aromatic carbocycles. The van der Waals surface area contributed by atoms with Gasteiger partial charge < -0.3 is 0 Å². The van der Waals surface area contributed by atoms with E-state index >= 15 is 0 Å². The van der Waals surface area contributed by atoms with E-state index in [1.165, 1.54) is 18.0 Å². The molecule has 0 unspecified atom stereocenters. The van der Waals surface area contributed by atoms with Crippen LogP contribution in [0.25, 0.3) is 0 Å². The quantitative estimate of drug-likeness (QED) is 0.322. The van der Waals surface area contributed by atoms with Crippen LogP contribution in [0.1, 0.15) is 24.6 Å². The van der Waals surface area contributed by atoms with Gasteiger partial charge in [-0.05, 0) is 24.1 Å². The Hall–Kier alpha value is -1.37. The van der Waals surface area contributed by atoms with E-state index in [-0.39, 0.29) is 5.69 Å². The Bertz CT molecular complexity index is 698. The van der Waals surface area contributed by atoms with Crippen LogP contribution in [-0.2, 0) is 6.42 Å². The van der Waals surface area contributed by atoms with Gasteiger partial charge in [0.2, 0.25) is 0 Å². The molecule has 1 aromatic heterocycles. The summed E-state index contributed by atoms with van der Waals surface area (Å²) in [4.78, 5) is 19.0. The summed E-state index contributed by atoms with van der Waals surface area (Å²) in [6.07, 6.45) is 2.54. The summed E-state index contributed by atoms with van der Waals surface area (Å²) >= 11 is 13.3. The van der Waals surface area contributed by atoms with Crippen molar-refractivity contribution < 1.29 is 4.92 Å². The molecule has 0 bridgehead atoms. The van der Waals surface area contributed by atoms with E-state index in [9.17, 15) is 10.1 Å². The molecule has 0 atom stereocenters. The minimum Gasteiger partial charge on any atom is -0.258 e. The van der Waals surface area contributed by atoms with Gasteiger partial charge in [0.1, 0.15) is 11.9 Å². The van der Waals surface area contributed by atoms with E-state index in [2.05, 4.69) is 16.9 Å². The van der Waals surface area contributed by atoms with Crippen LogP contribution in [0.15, 0.2) is 29.6 Å². The predicted octanol–water partition coefficient (Wildman–Crippen LogP) is 4.78. The van der Waals surface area contributed by atoms with Crippen LogP contribution in [0.3, 0.4) is 0 Å². The highest BCUT2D eigenvalue weighted by Crippen LogP contribution is 2.26. The topological polar surface area (TPSA) is 68.9 Å². The summed E-state index contributed by atoms with van der Waals surface area (Å²) in [7, 11) is 0. The number of nitrogens with zero attached hydrogens (tertiary/aromatic N) is 3. The number of hydrogen-bond acceptors (Lipinski definition) is 5. The number of halogens is 2. The van der Waals surface area contributed by atoms with Gasteiger partial charge in [0.05, 0.1) is 15.0 Å². The smallest absolute Gasteiger partial charge is 0.258 e. The van der Waals surface area contributed by atoms with Crippen molar-refractivity contribution in [3.8, 4) is 0 Å². The van der Waals surface area contributed by atoms with E-state index in [1.54, 1.807) is 18.2 Å². The van der Waals surface area contributed by atoms with Crippen molar-refractivity contribution in [1.82, 2.24) is 9.97 Å². The fourth-order valence-corrected chi connectivity index (χ4v) is 2.79. The van der Waals surface area contributed by atoms with Gasteiger partial charge in [-0.2, -0.15) is 0 Å². The van der Waals surface area contributed by atoms with Gasteiger partial charge in [0.15, 0.2) is 5.16 Å². The van der Waals surface area contributed by atoms with E-state index in [1.807, 2.05) is 0 Å². The van der Waals surface area contributed by atoms with Crippen molar-refractivity contribution in [3.63, 3.8) is 0 Å². The molecule has 116 valence electrons. The molecular formula is C14H13Cl2N3O2S. The lowest BCUT2D eigenvalue weighted by Crippen LogP contribution is -2.03. The first kappa shape index (κ1) is 17.0. The first-order chi connectivity index (χ1) is 10.5. The predicted molar refractivity (Wildman–Crippen MR) is 89.0 cm³/mol. The molecule has 0 N–H and O–H groups in total. The van der Waals surface area contributed by atoms with Gasteiger partial charge in [0.25, 0.3) is 0 Å². The number of hydrogen-bond donors (Lipinski definition) is 0. The Kier molecular flexibility index (Phi) is 5.99. The van der Waals surface area contributed by atoms with Crippen LogP contribution in [0.2, 0.25) is 10.0 Å². The molecule has 0 amide bonds. The molecular weight excluding hydrogens is 345 g/mol. The Morgan fingerprint density at radius 1 is 1.32 bits per heavy atom. The van der Waals surface area contributed by atoms with Gasteiger partial charge >= 0.3 is 5.69 Å². The van der Waals surface area contributed by atoms with Crippen LogP contribution in [0.4, 0.5) is 5.69 Å². The normalized spacial score (nSPS) is 10.7. The summed E-state index contributed by atoms with van der Waals surface area (Å²) in [6, 6.07) is 5.13. The fraction of sp³-hybridized carbons (Fsp3) is 0.286. The molecule has 0 aliphatic rings. The van der Waals surface area contributed by atoms with Gasteiger partial charge in [-0.1, -0.05) is 48.0 Å². The van der Waals surface area contributed by atoms with Crippen LogP contribution in [0.5, 0.6) is 0 Å². The zero-order valence-corrected chi connectivity index (χ0v) is 14.1. The van der Waals surface area contributed by atoms with Gasteiger partial charge in [-0.25, -0.2) is 9.97 Å². The molecule has 0 fully saturated rings. The number of nitro groups is 1. The minimum absolute atomic E-state index is 0.0908. The van der Waals surface area contributed by atoms with Crippen LogP contribution < -0.4 is 0 Å². The Labute approximate surface area is 142 Å². The molecule has 1 heterocycles. The summed E-state index contributed by atoms with van der Waals surface area (Å²) in [5.74, 6) is 0.865. The molecule has 2 rings (SSSR count). The zero-order valence-electron chi connectivity index (χ0n) is 11.8. The molecule has 5 nitrogen and oxygen atoms in total. The zero-order chi connectivity index (χ0) is 16.1. The molecule has 2 aromatic rings. The van der Waals surface area contributed by atoms with Crippen molar-refractivity contribution in [1.29, 1.82) is 0 Å². The first-order valence-electron chi connectivity index (χ1n) is 6.58. The first-order valence-corrected chi connectivity index (χ1v) is 8.32. The average molecular weight is 358 g/mol. The van der Waals surface area contributed by atoms with Crippen molar-refractivity contribution in [2.24, 2.45) is 0 Å². The largest absolute Gasteiger partial charge is 0.309 e. The molecule has 8 heteroatoms. The molecule has 0 spiro atoms.